The Kier molecular flexibility index (Phi) is 5.38. The Bertz CT molecular complexity index is 475. The van der Waals surface area contributed by atoms with Crippen LogP contribution < -0.4 is 10.5 Å². The van der Waals surface area contributed by atoms with Crippen LogP contribution in [0.3, 0.4) is 0 Å². The van der Waals surface area contributed by atoms with Gasteiger partial charge in [0.2, 0.25) is 0 Å². The normalized spacial score (nSPS) is 13.1. The fraction of sp³-hybridized carbons (Fsp3) is 0.462. The van der Waals surface area contributed by atoms with Crippen LogP contribution in [0, 0.1) is 5.41 Å². The van der Waals surface area contributed by atoms with Gasteiger partial charge >= 0.3 is 6.18 Å². The summed E-state index contributed by atoms with van der Waals surface area (Å²) in [5.74, 6) is -0.694. The van der Waals surface area contributed by atoms with Gasteiger partial charge in [-0.2, -0.15) is 13.2 Å². The Hall–Kier alpha value is -1.76. The smallest absolute Gasteiger partial charge is 0.419 e. The minimum Gasteiger partial charge on any atom is -0.490 e. The first kappa shape index (κ1) is 16.3. The van der Waals surface area contributed by atoms with Crippen molar-refractivity contribution in [3.8, 4) is 5.75 Å². The molecule has 112 valence electrons. The average Bonchev–Trinajstić information content (AvgIpc) is 2.35. The first-order valence-corrected chi connectivity index (χ1v) is 5.97. The largest absolute Gasteiger partial charge is 0.490 e. The molecular formula is C13H17F3N2O2. The highest BCUT2D eigenvalue weighted by molar-refractivity contribution is 5.95. The van der Waals surface area contributed by atoms with E-state index < -0.39 is 23.7 Å². The summed E-state index contributed by atoms with van der Waals surface area (Å²) < 4.78 is 49.1. The SMILES string of the molecule is COCCC(C)Oc1ccc(C(=N)N)cc1C(F)(F)F. The number of amidine groups is 1. The third-order valence-corrected chi connectivity index (χ3v) is 2.65. The molecule has 0 aliphatic carbocycles. The number of nitrogen functional groups attached to an aromatic ring is 1. The molecular weight excluding hydrogens is 273 g/mol. The number of methoxy groups -OCH3 is 1. The molecule has 0 aliphatic heterocycles. The second-order valence-corrected chi connectivity index (χ2v) is 4.33. The van der Waals surface area contributed by atoms with Gasteiger partial charge in [-0.3, -0.25) is 5.41 Å². The van der Waals surface area contributed by atoms with Crippen molar-refractivity contribution in [2.75, 3.05) is 13.7 Å². The molecule has 0 saturated heterocycles. The predicted octanol–water partition coefficient (Wildman–Crippen LogP) is 2.79. The maximum absolute atomic E-state index is 13.0. The number of ether oxygens (including phenoxy) is 2. The van der Waals surface area contributed by atoms with E-state index in [1.165, 1.54) is 19.2 Å². The first-order chi connectivity index (χ1) is 9.25. The zero-order valence-corrected chi connectivity index (χ0v) is 11.3. The van der Waals surface area contributed by atoms with Crippen LogP contribution in [0.4, 0.5) is 13.2 Å². The summed E-state index contributed by atoms with van der Waals surface area (Å²) in [4.78, 5) is 0. The lowest BCUT2D eigenvalue weighted by Gasteiger charge is -2.19. The van der Waals surface area contributed by atoms with Gasteiger partial charge in [0, 0.05) is 25.7 Å². The summed E-state index contributed by atoms with van der Waals surface area (Å²) in [6.07, 6.45) is -4.51. The molecule has 0 amide bonds. The molecule has 4 nitrogen and oxygen atoms in total. The predicted molar refractivity (Wildman–Crippen MR) is 69.0 cm³/mol. The van der Waals surface area contributed by atoms with Crippen molar-refractivity contribution in [2.45, 2.75) is 25.6 Å². The van der Waals surface area contributed by atoms with E-state index in [0.717, 1.165) is 6.07 Å². The quantitative estimate of drug-likeness (QED) is 0.625. The van der Waals surface area contributed by atoms with Crippen LogP contribution >= 0.6 is 0 Å². The Morgan fingerprint density at radius 3 is 2.55 bits per heavy atom. The van der Waals surface area contributed by atoms with Crippen LogP contribution in [0.25, 0.3) is 0 Å². The molecule has 0 saturated carbocycles. The second-order valence-electron chi connectivity index (χ2n) is 4.33. The third kappa shape index (κ3) is 4.41. The summed E-state index contributed by atoms with van der Waals surface area (Å²) in [6.45, 7) is 2.06. The Morgan fingerprint density at radius 1 is 1.40 bits per heavy atom. The maximum Gasteiger partial charge on any atom is 0.419 e. The van der Waals surface area contributed by atoms with Crippen molar-refractivity contribution in [3.05, 3.63) is 29.3 Å². The van der Waals surface area contributed by atoms with Crippen molar-refractivity contribution in [1.29, 1.82) is 5.41 Å². The second kappa shape index (κ2) is 6.60. The molecule has 0 spiro atoms. The number of nitrogens with two attached hydrogens (primary N) is 1. The molecule has 3 N–H and O–H groups in total. The topological polar surface area (TPSA) is 68.3 Å². The molecule has 0 aromatic heterocycles. The van der Waals surface area contributed by atoms with E-state index in [1.54, 1.807) is 6.92 Å². The molecule has 1 aromatic carbocycles. The highest BCUT2D eigenvalue weighted by atomic mass is 19.4. The lowest BCUT2D eigenvalue weighted by atomic mass is 10.1. The van der Waals surface area contributed by atoms with Gasteiger partial charge in [0.25, 0.3) is 0 Å². The monoisotopic (exact) mass is 290 g/mol. The van der Waals surface area contributed by atoms with Gasteiger partial charge in [-0.25, -0.2) is 0 Å². The molecule has 0 radical (unpaired) electrons. The molecule has 0 bridgehead atoms. The molecule has 20 heavy (non-hydrogen) atoms. The number of nitrogens with one attached hydrogen (secondary N) is 1. The Labute approximate surface area is 115 Å². The lowest BCUT2D eigenvalue weighted by Crippen LogP contribution is -2.19. The van der Waals surface area contributed by atoms with E-state index >= 15 is 0 Å². The van der Waals surface area contributed by atoms with Gasteiger partial charge in [0.1, 0.15) is 11.6 Å². The molecule has 0 aliphatic rings. The number of hydrogen-bond donors (Lipinski definition) is 2. The van der Waals surface area contributed by atoms with Crippen molar-refractivity contribution in [1.82, 2.24) is 0 Å². The van der Waals surface area contributed by atoms with Crippen LogP contribution in [-0.2, 0) is 10.9 Å². The Morgan fingerprint density at radius 2 is 2.05 bits per heavy atom. The zero-order chi connectivity index (χ0) is 15.3. The van der Waals surface area contributed by atoms with Crippen molar-refractivity contribution < 1.29 is 22.6 Å². The van der Waals surface area contributed by atoms with Crippen molar-refractivity contribution in [3.63, 3.8) is 0 Å². The molecule has 1 rings (SSSR count). The average molecular weight is 290 g/mol. The molecule has 0 fully saturated rings. The van der Waals surface area contributed by atoms with Crippen LogP contribution in [-0.4, -0.2) is 25.7 Å². The summed E-state index contributed by atoms with van der Waals surface area (Å²) >= 11 is 0. The third-order valence-electron chi connectivity index (χ3n) is 2.65. The first-order valence-electron chi connectivity index (χ1n) is 5.97. The maximum atomic E-state index is 13.0. The van der Waals surface area contributed by atoms with E-state index in [1.807, 2.05) is 0 Å². The fourth-order valence-corrected chi connectivity index (χ4v) is 1.58. The van der Waals surface area contributed by atoms with Crippen LogP contribution in [0.5, 0.6) is 5.75 Å². The molecule has 7 heteroatoms. The van der Waals surface area contributed by atoms with Crippen molar-refractivity contribution >= 4 is 5.84 Å². The summed E-state index contributed by atoms with van der Waals surface area (Å²) in [6, 6.07) is 3.33. The number of hydrogen-bond acceptors (Lipinski definition) is 3. The Balaban J connectivity index is 3.03. The van der Waals surface area contributed by atoms with Crippen LogP contribution in [0.1, 0.15) is 24.5 Å². The standard InChI is InChI=1S/C13H17F3N2O2/c1-8(5-6-19-2)20-11-4-3-9(12(17)18)7-10(11)13(14,15)16/h3-4,7-8H,5-6H2,1-2H3,(H3,17,18). The lowest BCUT2D eigenvalue weighted by molar-refractivity contribution is -0.139. The summed E-state index contributed by atoms with van der Waals surface area (Å²) in [5.41, 5.74) is 4.27. The zero-order valence-electron chi connectivity index (χ0n) is 11.3. The van der Waals surface area contributed by atoms with Crippen LogP contribution in [0.2, 0.25) is 0 Å². The van der Waals surface area contributed by atoms with Gasteiger partial charge in [-0.15, -0.1) is 0 Å². The van der Waals surface area contributed by atoms with Crippen LogP contribution in [0.15, 0.2) is 18.2 Å². The van der Waals surface area contributed by atoms with Gasteiger partial charge in [0.15, 0.2) is 0 Å². The number of benzene rings is 1. The minimum absolute atomic E-state index is 0.00854. The van der Waals surface area contributed by atoms with Crippen molar-refractivity contribution in [2.24, 2.45) is 5.73 Å². The van der Waals surface area contributed by atoms with E-state index in [2.05, 4.69) is 0 Å². The van der Waals surface area contributed by atoms with E-state index in [4.69, 9.17) is 20.6 Å². The highest BCUT2D eigenvalue weighted by Gasteiger charge is 2.35. The molecule has 1 unspecified atom stereocenters. The molecule has 1 aromatic rings. The van der Waals surface area contributed by atoms with E-state index in [-0.39, 0.29) is 11.3 Å². The summed E-state index contributed by atoms with van der Waals surface area (Å²) in [5, 5.41) is 7.19. The number of halogens is 3. The van der Waals surface area contributed by atoms with Gasteiger partial charge in [0.05, 0.1) is 11.7 Å². The van der Waals surface area contributed by atoms with E-state index in [0.29, 0.717) is 13.0 Å². The fourth-order valence-electron chi connectivity index (χ4n) is 1.58. The minimum atomic E-state index is -4.57. The number of rotatable bonds is 6. The summed E-state index contributed by atoms with van der Waals surface area (Å²) in [7, 11) is 1.51. The van der Waals surface area contributed by atoms with Gasteiger partial charge in [-0.1, -0.05) is 0 Å². The van der Waals surface area contributed by atoms with Gasteiger partial charge < -0.3 is 15.2 Å². The number of alkyl halides is 3. The molecule has 1 atom stereocenters. The molecule has 0 heterocycles. The highest BCUT2D eigenvalue weighted by Crippen LogP contribution is 2.37. The van der Waals surface area contributed by atoms with Gasteiger partial charge in [-0.05, 0) is 25.1 Å². The van der Waals surface area contributed by atoms with E-state index in [9.17, 15) is 13.2 Å².